The molecular weight excluding hydrogens is 1200 g/mol. The second-order valence-electron chi connectivity index (χ2n) is 15.6. The Balaban J connectivity index is 0.000000219. The van der Waals surface area contributed by atoms with E-state index >= 15 is 0 Å². The summed E-state index contributed by atoms with van der Waals surface area (Å²) in [5, 5.41) is 3.73. The summed E-state index contributed by atoms with van der Waals surface area (Å²) in [5.41, 5.74) is -0.0800. The van der Waals surface area contributed by atoms with Crippen LogP contribution in [0.4, 0.5) is 23.3 Å². The summed E-state index contributed by atoms with van der Waals surface area (Å²) in [7, 11) is -6.73. The molecule has 0 aliphatic carbocycles. The van der Waals surface area contributed by atoms with Crippen LogP contribution >= 0.6 is 78.3 Å². The summed E-state index contributed by atoms with van der Waals surface area (Å²) >= 11 is 31.5. The predicted octanol–water partition coefficient (Wildman–Crippen LogP) is 5.59. The van der Waals surface area contributed by atoms with Crippen molar-refractivity contribution in [3.8, 4) is 0 Å². The van der Waals surface area contributed by atoms with E-state index in [-0.39, 0.29) is 106 Å². The summed E-state index contributed by atoms with van der Waals surface area (Å²) in [5.74, 6) is -0.784. The zero-order chi connectivity index (χ0) is 46.7. The number of hydrogen-bond donors (Lipinski definition) is 1. The molecule has 346 valence electrons. The Morgan fingerprint density at radius 3 is 1.54 bits per heavy atom. The predicted molar refractivity (Wildman–Crippen MR) is 259 cm³/mol. The number of halogens is 7. The normalized spacial score (nSPS) is 19.0. The molecule has 0 spiro atoms. The van der Waals surface area contributed by atoms with Crippen molar-refractivity contribution in [1.82, 2.24) is 28.7 Å². The van der Waals surface area contributed by atoms with E-state index in [9.17, 15) is 31.2 Å². The van der Waals surface area contributed by atoms with Crippen LogP contribution < -0.4 is 32.1 Å². The van der Waals surface area contributed by atoms with Crippen LogP contribution in [0.2, 0.25) is 20.1 Å². The van der Waals surface area contributed by atoms with Crippen molar-refractivity contribution in [3.05, 3.63) is 137 Å². The minimum Gasteiger partial charge on any atom is -1.00 e. The van der Waals surface area contributed by atoms with Crippen LogP contribution in [0.25, 0.3) is 0 Å². The van der Waals surface area contributed by atoms with Gasteiger partial charge in [-0.3, -0.25) is 19.0 Å². The molecule has 3 aliphatic rings. The van der Waals surface area contributed by atoms with Gasteiger partial charge in [-0.2, -0.15) is 4.31 Å². The van der Waals surface area contributed by atoms with E-state index in [0.29, 0.717) is 31.5 Å². The number of aromatic nitrogens is 4. The fourth-order valence-electron chi connectivity index (χ4n) is 8.12. The Hall–Kier alpha value is -3.06. The molecule has 9 rings (SSSR count). The van der Waals surface area contributed by atoms with Gasteiger partial charge in [0.15, 0.2) is 5.03 Å². The molecule has 1 saturated heterocycles. The van der Waals surface area contributed by atoms with Crippen molar-refractivity contribution in [2.45, 2.75) is 47.8 Å². The van der Waals surface area contributed by atoms with E-state index in [1.807, 2.05) is 48.5 Å². The summed E-state index contributed by atoms with van der Waals surface area (Å²) < 4.78 is 56.8. The zero-order valence-corrected chi connectivity index (χ0v) is 45.8. The van der Waals surface area contributed by atoms with Crippen LogP contribution in [0.3, 0.4) is 0 Å². The molecule has 6 aromatic rings. The van der Waals surface area contributed by atoms with Crippen molar-refractivity contribution in [2.24, 2.45) is 0 Å². The molecule has 25 heteroatoms. The number of rotatable bonds is 9. The summed E-state index contributed by atoms with van der Waals surface area (Å²) in [6, 6.07) is 24.3. The van der Waals surface area contributed by atoms with Gasteiger partial charge in [0.05, 0.1) is 24.1 Å². The van der Waals surface area contributed by atoms with E-state index in [2.05, 4.69) is 47.1 Å². The third-order valence-corrected chi connectivity index (χ3v) is 15.4. The molecule has 3 amide bonds. The number of sulfonamides is 1. The fraction of sp³-hybridized carbons (Fsp3) is 0.214. The van der Waals surface area contributed by atoms with Gasteiger partial charge in [0.2, 0.25) is 17.8 Å². The molecule has 67 heavy (non-hydrogen) atoms. The summed E-state index contributed by atoms with van der Waals surface area (Å²) in [4.78, 5) is 50.8. The maximum atomic E-state index is 14.0. The first-order chi connectivity index (χ1) is 30.7. The van der Waals surface area contributed by atoms with Gasteiger partial charge in [0, 0.05) is 66.2 Å². The quantitative estimate of drug-likeness (QED) is 0.143. The molecule has 15 nitrogen and oxygen atoms in total. The van der Waals surface area contributed by atoms with E-state index in [1.54, 1.807) is 44.2 Å². The van der Waals surface area contributed by atoms with Crippen LogP contribution in [0.1, 0.15) is 25.0 Å². The number of nitrogens with one attached hydrogen (secondary N) is 1. The number of carbonyl (C=O) groups excluding carboxylic acids is 3. The third-order valence-electron chi connectivity index (χ3n) is 11.0. The summed E-state index contributed by atoms with van der Waals surface area (Å²) in [6.45, 7) is 3.37. The smallest absolute Gasteiger partial charge is 1.00 e. The van der Waals surface area contributed by atoms with E-state index in [1.165, 1.54) is 37.4 Å². The number of carbonyl (C=O) groups is 3. The maximum absolute atomic E-state index is 14.0. The average Bonchev–Trinajstić information content (AvgIpc) is 3.98. The van der Waals surface area contributed by atoms with Crippen LogP contribution in [0, 0.1) is 0 Å². The molecule has 1 N–H and O–H groups in total. The summed E-state index contributed by atoms with van der Waals surface area (Å²) in [6.07, 6.45) is 2.93. The van der Waals surface area contributed by atoms with Crippen molar-refractivity contribution >= 4 is 163 Å². The Kier molecular flexibility index (Phi) is 16.5. The monoisotopic (exact) mass is 1230 g/mol. The van der Waals surface area contributed by atoms with Crippen molar-refractivity contribution < 1.29 is 48.2 Å². The largest absolute Gasteiger partial charge is 2.00 e. The van der Waals surface area contributed by atoms with Gasteiger partial charge in [-0.1, -0.05) is 103 Å². The molecule has 4 aromatic carbocycles. The SMILES string of the molecule is C[C@@]1(Cc2ccc(Br)cc2)C(=O)N(c2cc(Cl)cc(Cl)c2)c2ncc(S(=O)(=O)N3CCNC(=O)C3)n21.C[C@@]1(Cc2ccc(Br)cc2)C(=O)N(c2cc(Cl)cc(Cl)c2)c2ncc([S-](=O)=O)n21.[Br-].[Mg+2]. The molecule has 3 aliphatic heterocycles. The Morgan fingerprint density at radius 2 is 1.10 bits per heavy atom. The first kappa shape index (κ1) is 53.3. The maximum Gasteiger partial charge on any atom is 2.00 e. The molecule has 5 heterocycles. The molecule has 0 unspecified atom stereocenters. The van der Waals surface area contributed by atoms with E-state index in [0.717, 1.165) is 24.4 Å². The van der Waals surface area contributed by atoms with E-state index in [4.69, 9.17) is 46.4 Å². The molecule has 2 aromatic heterocycles. The van der Waals surface area contributed by atoms with Gasteiger partial charge in [-0.15, -0.1) is 0 Å². The van der Waals surface area contributed by atoms with Crippen LogP contribution in [-0.2, 0) is 67.4 Å². The number of imidazole rings is 2. The standard InChI is InChI=1S/C23H20BrCl2N5O4S.C19H13BrCl2N3O3S.BrH.Mg/c1-23(11-14-2-4-15(24)5-3-14)21(33)30(18-9-16(25)8-17(26)10-18)22-28-12-20(31(22)23)36(34,35)29-7-6-27-19(32)13-29;1-19(9-11-2-4-12(20)5-3-11)17(26)24(15-7-13(21)6-14(22)8-15)18-23-10-16(25(18)19)29(27)28;;/h2-5,8-10,12H,6-7,11,13H2,1H3,(H,27,32);2-8,10H,9H2,1H3;1H;/q;-1;;+2/p-1/t23-;19-;;/m11../s1. The number of anilines is 4. The van der Waals surface area contributed by atoms with Gasteiger partial charge >= 0.3 is 23.1 Å². The number of fused-ring (bicyclic) bond motifs is 2. The molecule has 2 atom stereocenters. The van der Waals surface area contributed by atoms with Crippen molar-refractivity contribution in [2.75, 3.05) is 29.4 Å². The third kappa shape index (κ3) is 10.3. The number of hydrogen-bond acceptors (Lipinski definition) is 10. The van der Waals surface area contributed by atoms with Gasteiger partial charge < -0.3 is 35.3 Å². The van der Waals surface area contributed by atoms with Gasteiger partial charge in [0.25, 0.3) is 21.8 Å². The average molecular weight is 1230 g/mol. The second-order valence-corrected chi connectivity index (χ2v) is 21.9. The first-order valence-electron chi connectivity index (χ1n) is 19.3. The number of benzene rings is 4. The minimum absolute atomic E-state index is 0. The molecule has 0 radical (unpaired) electrons. The van der Waals surface area contributed by atoms with Gasteiger partial charge in [-0.05, 0) is 96.3 Å². The van der Waals surface area contributed by atoms with Crippen molar-refractivity contribution in [1.29, 1.82) is 0 Å². The first-order valence-corrected chi connectivity index (χ1v) is 25.0. The van der Waals surface area contributed by atoms with Crippen molar-refractivity contribution in [3.63, 3.8) is 0 Å². The molecular formula is C42H33Br3Cl4MgN8O7S2. The van der Waals surface area contributed by atoms with Crippen LogP contribution in [-0.4, -0.2) is 92.2 Å². The van der Waals surface area contributed by atoms with Crippen LogP contribution in [0.15, 0.2) is 116 Å². The number of nitrogens with zero attached hydrogens (tertiary/aromatic N) is 7. The Labute approximate surface area is 450 Å². The number of piperazine rings is 1. The van der Waals surface area contributed by atoms with Gasteiger partial charge in [-0.25, -0.2) is 28.2 Å². The molecule has 0 saturated carbocycles. The topological polar surface area (TPSA) is 177 Å². The molecule has 0 bridgehead atoms. The van der Waals surface area contributed by atoms with E-state index < -0.39 is 37.7 Å². The zero-order valence-electron chi connectivity index (χ0n) is 34.9. The Morgan fingerprint density at radius 1 is 0.687 bits per heavy atom. The Bertz CT molecular complexity index is 3080. The van der Waals surface area contributed by atoms with Gasteiger partial charge in [0.1, 0.15) is 11.1 Å². The second kappa shape index (κ2) is 20.7. The minimum atomic E-state index is -4.16. The fourth-order valence-corrected chi connectivity index (χ4v) is 11.8. The van der Waals surface area contributed by atoms with Crippen LogP contribution in [0.5, 0.6) is 0 Å². The molecule has 1 fully saturated rings. The number of amides is 3.